The van der Waals surface area contributed by atoms with Crippen molar-refractivity contribution < 1.29 is 13.2 Å². The second-order valence-corrected chi connectivity index (χ2v) is 7.01. The van der Waals surface area contributed by atoms with Crippen molar-refractivity contribution in [2.24, 2.45) is 0 Å². The molecule has 0 fully saturated rings. The fourth-order valence-corrected chi connectivity index (χ4v) is 2.26. The van der Waals surface area contributed by atoms with Crippen LogP contribution in [0.4, 0.5) is 0 Å². The molecule has 0 heterocycles. The van der Waals surface area contributed by atoms with E-state index in [0.717, 1.165) is 10.7 Å². The van der Waals surface area contributed by atoms with E-state index >= 15 is 0 Å². The summed E-state index contributed by atoms with van der Waals surface area (Å²) in [5.74, 6) is -0.425. The van der Waals surface area contributed by atoms with E-state index in [1.54, 1.807) is 18.2 Å². The molecule has 0 radical (unpaired) electrons. The molecule has 3 nitrogen and oxygen atoms in total. The first kappa shape index (κ1) is 13.7. The molecule has 0 unspecified atom stereocenters. The van der Waals surface area contributed by atoms with E-state index in [-0.39, 0.29) is 18.0 Å². The smallest absolute Gasteiger partial charge is 0.165 e. The summed E-state index contributed by atoms with van der Waals surface area (Å²) in [6, 6.07) is 4.90. The van der Waals surface area contributed by atoms with E-state index in [2.05, 4.69) is 15.9 Å². The van der Waals surface area contributed by atoms with Gasteiger partial charge < -0.3 is 0 Å². The number of rotatable bonds is 4. The largest absolute Gasteiger partial charge is 0.294 e. The molecule has 0 aliphatic rings. The molecule has 0 saturated carbocycles. The number of hydrogen-bond acceptors (Lipinski definition) is 3. The first-order valence-electron chi connectivity index (χ1n) is 4.45. The number of Topliss-reactive ketones (excluding diaryl/α,β-unsaturated/α-hetero) is 1. The predicted molar refractivity (Wildman–Crippen MR) is 67.8 cm³/mol. The van der Waals surface area contributed by atoms with E-state index in [4.69, 9.17) is 11.6 Å². The topological polar surface area (TPSA) is 51.2 Å². The molecule has 1 rings (SSSR count). The number of hydrogen-bond donors (Lipinski definition) is 0. The lowest BCUT2D eigenvalue weighted by Gasteiger charge is -2.03. The minimum Gasteiger partial charge on any atom is -0.294 e. The van der Waals surface area contributed by atoms with Crippen LogP contribution < -0.4 is 0 Å². The summed E-state index contributed by atoms with van der Waals surface area (Å²) >= 11 is 9.08. The molecule has 0 aliphatic carbocycles. The summed E-state index contributed by atoms with van der Waals surface area (Å²) in [5.41, 5.74) is 0.347. The van der Waals surface area contributed by atoms with Crippen molar-refractivity contribution in [1.29, 1.82) is 0 Å². The van der Waals surface area contributed by atoms with Gasteiger partial charge in [0.25, 0.3) is 0 Å². The SMILES string of the molecule is CS(=O)(=O)CCC(=O)c1cc(Br)ccc1Cl. The van der Waals surface area contributed by atoms with Crippen LogP contribution in [0.1, 0.15) is 16.8 Å². The van der Waals surface area contributed by atoms with Crippen LogP contribution in [0.3, 0.4) is 0 Å². The van der Waals surface area contributed by atoms with Gasteiger partial charge in [-0.1, -0.05) is 27.5 Å². The lowest BCUT2D eigenvalue weighted by molar-refractivity contribution is 0.0989. The maximum Gasteiger partial charge on any atom is 0.165 e. The van der Waals surface area contributed by atoms with Crippen LogP contribution in [0.5, 0.6) is 0 Å². The van der Waals surface area contributed by atoms with Gasteiger partial charge in [-0.05, 0) is 18.2 Å². The normalized spacial score (nSPS) is 11.4. The van der Waals surface area contributed by atoms with Gasteiger partial charge >= 0.3 is 0 Å². The van der Waals surface area contributed by atoms with E-state index in [9.17, 15) is 13.2 Å². The third kappa shape index (κ3) is 4.23. The van der Waals surface area contributed by atoms with Crippen molar-refractivity contribution in [3.05, 3.63) is 33.3 Å². The van der Waals surface area contributed by atoms with Crippen molar-refractivity contribution in [3.8, 4) is 0 Å². The van der Waals surface area contributed by atoms with E-state index < -0.39 is 9.84 Å². The first-order chi connectivity index (χ1) is 7.29. The quantitative estimate of drug-likeness (QED) is 0.800. The highest BCUT2D eigenvalue weighted by atomic mass is 79.9. The lowest BCUT2D eigenvalue weighted by Crippen LogP contribution is -2.10. The van der Waals surface area contributed by atoms with Crippen LogP contribution in [0.15, 0.2) is 22.7 Å². The average Bonchev–Trinajstić information content (AvgIpc) is 2.17. The first-order valence-corrected chi connectivity index (χ1v) is 7.69. The van der Waals surface area contributed by atoms with Gasteiger partial charge in [-0.25, -0.2) is 8.42 Å². The maximum absolute atomic E-state index is 11.7. The molecule has 0 aliphatic heterocycles. The van der Waals surface area contributed by atoms with Gasteiger partial charge in [0.1, 0.15) is 9.84 Å². The molecule has 0 atom stereocenters. The number of benzene rings is 1. The van der Waals surface area contributed by atoms with Crippen molar-refractivity contribution in [3.63, 3.8) is 0 Å². The third-order valence-electron chi connectivity index (χ3n) is 1.93. The molecule has 6 heteroatoms. The van der Waals surface area contributed by atoms with Crippen molar-refractivity contribution in [2.75, 3.05) is 12.0 Å². The highest BCUT2D eigenvalue weighted by Crippen LogP contribution is 2.22. The Hall–Kier alpha value is -0.390. The number of carbonyl (C=O) groups is 1. The molecule has 0 saturated heterocycles. The van der Waals surface area contributed by atoms with E-state index in [1.807, 2.05) is 0 Å². The Labute approximate surface area is 108 Å². The third-order valence-corrected chi connectivity index (χ3v) is 3.70. The van der Waals surface area contributed by atoms with Crippen LogP contribution in [0.2, 0.25) is 5.02 Å². The Morgan fingerprint density at radius 3 is 2.62 bits per heavy atom. The summed E-state index contributed by atoms with van der Waals surface area (Å²) in [4.78, 5) is 11.7. The van der Waals surface area contributed by atoms with Crippen molar-refractivity contribution in [1.82, 2.24) is 0 Å². The van der Waals surface area contributed by atoms with Crippen LogP contribution in [0.25, 0.3) is 0 Å². The molecule has 88 valence electrons. The minimum atomic E-state index is -3.13. The van der Waals surface area contributed by atoms with Gasteiger partial charge in [-0.2, -0.15) is 0 Å². The number of sulfone groups is 1. The number of halogens is 2. The average molecular weight is 326 g/mol. The van der Waals surface area contributed by atoms with E-state index in [0.29, 0.717) is 10.6 Å². The monoisotopic (exact) mass is 324 g/mol. The summed E-state index contributed by atoms with van der Waals surface area (Å²) in [6.45, 7) is 0. The van der Waals surface area contributed by atoms with Gasteiger partial charge in [0.2, 0.25) is 0 Å². The van der Waals surface area contributed by atoms with Gasteiger partial charge in [0, 0.05) is 22.7 Å². The molecule has 0 N–H and O–H groups in total. The number of carbonyl (C=O) groups excluding carboxylic acids is 1. The van der Waals surface area contributed by atoms with Gasteiger partial charge in [-0.15, -0.1) is 0 Å². The number of ketones is 1. The van der Waals surface area contributed by atoms with Gasteiger partial charge in [-0.3, -0.25) is 4.79 Å². The summed E-state index contributed by atoms with van der Waals surface area (Å²) < 4.78 is 22.6. The molecule has 0 aromatic heterocycles. The fourth-order valence-electron chi connectivity index (χ4n) is 1.12. The Morgan fingerprint density at radius 2 is 2.06 bits per heavy atom. The zero-order chi connectivity index (χ0) is 12.3. The van der Waals surface area contributed by atoms with Crippen LogP contribution in [-0.2, 0) is 9.84 Å². The molecular weight excluding hydrogens is 316 g/mol. The molecule has 0 amide bonds. The molecule has 0 spiro atoms. The molecule has 0 bridgehead atoms. The lowest BCUT2D eigenvalue weighted by atomic mass is 10.1. The maximum atomic E-state index is 11.7. The Morgan fingerprint density at radius 1 is 1.44 bits per heavy atom. The second-order valence-electron chi connectivity index (χ2n) is 3.43. The standard InChI is InChI=1S/C10H10BrClO3S/c1-16(14,15)5-4-10(13)8-6-7(11)2-3-9(8)12/h2-3,6H,4-5H2,1H3. The Balaban J connectivity index is 2.85. The van der Waals surface area contributed by atoms with E-state index in [1.165, 1.54) is 0 Å². The molecular formula is C10H10BrClO3S. The van der Waals surface area contributed by atoms with Crippen molar-refractivity contribution in [2.45, 2.75) is 6.42 Å². The van der Waals surface area contributed by atoms with Crippen LogP contribution in [-0.4, -0.2) is 26.2 Å². The zero-order valence-electron chi connectivity index (χ0n) is 8.54. The van der Waals surface area contributed by atoms with Gasteiger partial charge in [0.15, 0.2) is 5.78 Å². The Bertz CT molecular complexity index is 511. The summed E-state index contributed by atoms with van der Waals surface area (Å²) in [6.07, 6.45) is 1.05. The fraction of sp³-hybridized carbons (Fsp3) is 0.300. The summed E-state index contributed by atoms with van der Waals surface area (Å²) in [7, 11) is -3.13. The molecule has 16 heavy (non-hydrogen) atoms. The second kappa shape index (κ2) is 5.29. The highest BCUT2D eigenvalue weighted by Gasteiger charge is 2.13. The summed E-state index contributed by atoms with van der Waals surface area (Å²) in [5, 5.41) is 0.335. The molecule has 1 aromatic rings. The van der Waals surface area contributed by atoms with Crippen LogP contribution in [0, 0.1) is 0 Å². The Kier molecular flexibility index (Phi) is 4.52. The van der Waals surface area contributed by atoms with Crippen LogP contribution >= 0.6 is 27.5 Å². The highest BCUT2D eigenvalue weighted by molar-refractivity contribution is 9.10. The van der Waals surface area contributed by atoms with Crippen molar-refractivity contribution >= 4 is 43.2 Å². The minimum absolute atomic E-state index is 0.0466. The predicted octanol–water partition coefficient (Wildman–Crippen LogP) is 2.72. The van der Waals surface area contributed by atoms with Gasteiger partial charge in [0.05, 0.1) is 10.8 Å². The zero-order valence-corrected chi connectivity index (χ0v) is 11.7. The molecule has 1 aromatic carbocycles.